The summed E-state index contributed by atoms with van der Waals surface area (Å²) in [6.07, 6.45) is 17.8. The first-order chi connectivity index (χ1) is 14.0. The van der Waals surface area contributed by atoms with Crippen molar-refractivity contribution in [3.8, 4) is 0 Å². The van der Waals surface area contributed by atoms with Crippen LogP contribution < -0.4 is 0 Å². The fraction of sp³-hybridized carbons (Fsp3) is 0.818. The lowest BCUT2D eigenvalue weighted by Crippen LogP contribution is -2.34. The predicted molar refractivity (Wildman–Crippen MR) is 113 cm³/mol. The Labute approximate surface area is 176 Å². The first kappa shape index (κ1) is 27.2. The lowest BCUT2D eigenvalue weighted by atomic mass is 10.0. The predicted octanol–water partition coefficient (Wildman–Crippen LogP) is 5.36. The van der Waals surface area contributed by atoms with Crippen molar-refractivity contribution in [3.05, 3.63) is 12.5 Å². The quantitative estimate of drug-likeness (QED) is 0.106. The normalized spacial score (nSPS) is 10.7. The summed E-state index contributed by atoms with van der Waals surface area (Å²) < 4.78 is 0. The van der Waals surface area contributed by atoms with Crippen LogP contribution in [-0.4, -0.2) is 46.7 Å². The zero-order valence-electron chi connectivity index (χ0n) is 18.2. The topological polar surface area (TPSA) is 96.3 Å². The zero-order chi connectivity index (χ0) is 21.7. The van der Waals surface area contributed by atoms with Gasteiger partial charge in [0.05, 0.1) is 6.61 Å². The third-order valence-corrected chi connectivity index (χ3v) is 4.74. The van der Waals surface area contributed by atoms with E-state index in [0.717, 1.165) is 24.2 Å². The summed E-state index contributed by atoms with van der Waals surface area (Å²) in [5, 5.41) is 17.6. The van der Waals surface area contributed by atoms with Gasteiger partial charge in [0.1, 0.15) is 13.1 Å². The number of hydrogen-bond acceptors (Lipinski definition) is 5. The molecule has 0 bridgehead atoms. The van der Waals surface area contributed by atoms with E-state index in [2.05, 4.69) is 13.5 Å². The fourth-order valence-electron chi connectivity index (χ4n) is 3.08. The molecule has 0 heterocycles. The number of carbonyl (C=O) groups is 2. The molecule has 0 radical (unpaired) electrons. The van der Waals surface area contributed by atoms with Crippen molar-refractivity contribution in [2.75, 3.05) is 19.7 Å². The number of rotatable bonds is 22. The lowest BCUT2D eigenvalue weighted by molar-refractivity contribution is -0.277. The Hall–Kier alpha value is -1.76. The van der Waals surface area contributed by atoms with Gasteiger partial charge in [-0.05, 0) is 13.0 Å². The molecule has 7 nitrogen and oxygen atoms in total. The highest BCUT2D eigenvalue weighted by Crippen LogP contribution is 2.13. The third kappa shape index (κ3) is 19.3. The Morgan fingerprint density at radius 1 is 0.724 bits per heavy atom. The molecule has 0 saturated carbocycles. The van der Waals surface area contributed by atoms with Gasteiger partial charge in [-0.2, -0.15) is 4.89 Å². The highest BCUT2D eigenvalue weighted by Gasteiger charge is 2.17. The van der Waals surface area contributed by atoms with E-state index in [0.29, 0.717) is 6.61 Å². The van der Waals surface area contributed by atoms with Crippen LogP contribution in [0.15, 0.2) is 12.5 Å². The van der Waals surface area contributed by atoms with Crippen molar-refractivity contribution in [3.63, 3.8) is 0 Å². The van der Waals surface area contributed by atoms with Crippen LogP contribution in [0.2, 0.25) is 0 Å². The van der Waals surface area contributed by atoms with Gasteiger partial charge in [-0.1, -0.05) is 90.4 Å². The molecule has 0 aromatic heterocycles. The van der Waals surface area contributed by atoms with Crippen LogP contribution in [0, 0.1) is 0 Å². The minimum absolute atomic E-state index is 0.111. The first-order valence-electron chi connectivity index (χ1n) is 11.1. The third-order valence-electron chi connectivity index (χ3n) is 4.74. The monoisotopic (exact) mass is 415 g/mol. The molecule has 0 aromatic rings. The summed E-state index contributed by atoms with van der Waals surface area (Å²) in [7, 11) is 0. The Morgan fingerprint density at radius 3 is 1.48 bits per heavy atom. The van der Waals surface area contributed by atoms with Crippen LogP contribution in [0.25, 0.3) is 0 Å². The number of hydrogen-bond donors (Lipinski definition) is 2. The summed E-state index contributed by atoms with van der Waals surface area (Å²) in [6.45, 7) is 5.12. The smallest absolute Gasteiger partial charge is 0.323 e. The Bertz CT molecular complexity index is 425. The van der Waals surface area contributed by atoms with E-state index in [1.54, 1.807) is 0 Å². The Balaban J connectivity index is 3.46. The summed E-state index contributed by atoms with van der Waals surface area (Å²) in [6, 6.07) is 0. The lowest BCUT2D eigenvalue weighted by Gasteiger charge is -2.21. The van der Waals surface area contributed by atoms with Gasteiger partial charge in [0, 0.05) is 0 Å². The second-order valence-electron chi connectivity index (χ2n) is 7.54. The molecule has 170 valence electrons. The molecule has 0 amide bonds. The highest BCUT2D eigenvalue weighted by atomic mass is 17.2. The molecule has 0 saturated heterocycles. The molecule has 0 aromatic carbocycles. The number of carboxylic acids is 2. The summed E-state index contributed by atoms with van der Waals surface area (Å²) in [5.41, 5.74) is 0. The van der Waals surface area contributed by atoms with E-state index in [-0.39, 0.29) is 5.88 Å². The molecule has 0 aliphatic heterocycles. The molecule has 0 aliphatic rings. The second-order valence-corrected chi connectivity index (χ2v) is 7.54. The molecule has 29 heavy (non-hydrogen) atoms. The summed E-state index contributed by atoms with van der Waals surface area (Å²) >= 11 is 0. The Kier molecular flexibility index (Phi) is 18.4. The number of aliphatic carboxylic acids is 2. The highest BCUT2D eigenvalue weighted by molar-refractivity contribution is 5.73. The molecule has 0 unspecified atom stereocenters. The largest absolute Gasteiger partial charge is 0.480 e. The van der Waals surface area contributed by atoms with Crippen LogP contribution in [0.1, 0.15) is 96.8 Å². The van der Waals surface area contributed by atoms with Crippen molar-refractivity contribution >= 4 is 11.9 Å². The van der Waals surface area contributed by atoms with Gasteiger partial charge in [0.15, 0.2) is 0 Å². The first-order valence-corrected chi connectivity index (χ1v) is 11.1. The van der Waals surface area contributed by atoms with Crippen LogP contribution in [0.5, 0.6) is 0 Å². The number of carboxylic acid groups (broad SMARTS) is 2. The molecule has 0 rings (SSSR count). The average molecular weight is 416 g/mol. The fourth-order valence-corrected chi connectivity index (χ4v) is 3.08. The average Bonchev–Trinajstić information content (AvgIpc) is 2.66. The van der Waals surface area contributed by atoms with Gasteiger partial charge in [-0.25, -0.2) is 0 Å². The van der Waals surface area contributed by atoms with E-state index < -0.39 is 25.0 Å². The minimum Gasteiger partial charge on any atom is -0.480 e. The number of unbranched alkanes of at least 4 members (excludes halogenated alkanes) is 13. The van der Waals surface area contributed by atoms with Gasteiger partial charge in [0.25, 0.3) is 0 Å². The zero-order valence-corrected chi connectivity index (χ0v) is 18.2. The van der Waals surface area contributed by atoms with Crippen molar-refractivity contribution in [2.24, 2.45) is 0 Å². The molecular formula is C22H41NO6. The number of nitrogens with zero attached hydrogens (tertiary/aromatic N) is 1. The van der Waals surface area contributed by atoms with E-state index in [9.17, 15) is 9.59 Å². The van der Waals surface area contributed by atoms with Gasteiger partial charge in [-0.3, -0.25) is 9.59 Å². The van der Waals surface area contributed by atoms with Crippen LogP contribution in [-0.2, 0) is 19.4 Å². The van der Waals surface area contributed by atoms with Gasteiger partial charge < -0.3 is 20.0 Å². The van der Waals surface area contributed by atoms with Crippen molar-refractivity contribution in [1.82, 2.24) is 4.90 Å². The van der Waals surface area contributed by atoms with Crippen LogP contribution in [0.3, 0.4) is 0 Å². The van der Waals surface area contributed by atoms with E-state index >= 15 is 0 Å². The molecule has 7 heteroatoms. The molecule has 0 aliphatic carbocycles. The standard InChI is InChI=1S/C22H41NO6/c1-3-4-5-6-7-8-9-10-11-12-13-14-15-16-17-28-29-20(2)23(18-21(24)25)19-22(26)27/h2-19H2,1H3,(H,24,25)(H,26,27). The SMILES string of the molecule is C=C(OOCCCCCCCCCCCCCCCC)N(CC(=O)O)CC(=O)O. The molecule has 0 fully saturated rings. The van der Waals surface area contributed by atoms with Crippen molar-refractivity contribution in [2.45, 2.75) is 96.8 Å². The molecular weight excluding hydrogens is 374 g/mol. The van der Waals surface area contributed by atoms with Crippen molar-refractivity contribution < 1.29 is 29.6 Å². The molecule has 0 atom stereocenters. The maximum absolute atomic E-state index is 10.7. The van der Waals surface area contributed by atoms with Crippen LogP contribution >= 0.6 is 0 Å². The van der Waals surface area contributed by atoms with Gasteiger partial charge in [0.2, 0.25) is 5.88 Å². The maximum Gasteiger partial charge on any atom is 0.323 e. The molecule has 0 spiro atoms. The maximum atomic E-state index is 10.7. The minimum atomic E-state index is -1.16. The second kappa shape index (κ2) is 19.6. The van der Waals surface area contributed by atoms with Gasteiger partial charge >= 0.3 is 11.9 Å². The summed E-state index contributed by atoms with van der Waals surface area (Å²) in [5.74, 6) is -2.44. The van der Waals surface area contributed by atoms with E-state index in [1.165, 1.54) is 70.6 Å². The van der Waals surface area contributed by atoms with E-state index in [1.807, 2.05) is 0 Å². The van der Waals surface area contributed by atoms with E-state index in [4.69, 9.17) is 20.0 Å². The van der Waals surface area contributed by atoms with Gasteiger partial charge in [-0.15, -0.1) is 0 Å². The summed E-state index contributed by atoms with van der Waals surface area (Å²) in [4.78, 5) is 32.4. The van der Waals surface area contributed by atoms with Crippen LogP contribution in [0.4, 0.5) is 0 Å². The Morgan fingerprint density at radius 2 is 1.10 bits per heavy atom. The van der Waals surface area contributed by atoms with Crippen molar-refractivity contribution in [1.29, 1.82) is 0 Å². The molecule has 2 N–H and O–H groups in total.